The van der Waals surface area contributed by atoms with Crippen molar-refractivity contribution in [3.8, 4) is 33.6 Å². The van der Waals surface area contributed by atoms with E-state index in [2.05, 4.69) is 185 Å². The summed E-state index contributed by atoms with van der Waals surface area (Å²) < 4.78 is 11.3. The van der Waals surface area contributed by atoms with Crippen LogP contribution in [0.25, 0.3) is 99.2 Å². The van der Waals surface area contributed by atoms with Gasteiger partial charge in [0.15, 0.2) is 0 Å². The van der Waals surface area contributed by atoms with E-state index in [4.69, 9.17) is 4.42 Å². The minimum atomic E-state index is 0.887. The van der Waals surface area contributed by atoms with Crippen molar-refractivity contribution in [2.45, 2.75) is 0 Å². The van der Waals surface area contributed by atoms with Crippen molar-refractivity contribution < 1.29 is 4.42 Å². The first kappa shape index (κ1) is 28.0. The quantitative estimate of drug-likeness (QED) is 0.186. The number of fused-ring (bicyclic) bond motifs is 9. The summed E-state index contributed by atoms with van der Waals surface area (Å²) in [5.41, 5.74) is 13.5. The fraction of sp³-hybridized carbons (Fsp3) is 0. The number of hydrogen-bond donors (Lipinski definition) is 0. The average molecular weight is 651 g/mol. The SMILES string of the molecule is c1ccc(-c2cc(-n3c4ccccc4c4cc(-c5ccc6c(c5)c5ccccc5n6-c5ccccc5)ccc43)c3c(c2)oc2ccccc23)cc1. The number of aromatic nitrogens is 2. The van der Waals surface area contributed by atoms with E-state index in [1.54, 1.807) is 0 Å². The fourth-order valence-electron chi connectivity index (χ4n) is 8.23. The molecule has 3 nitrogen and oxygen atoms in total. The third-order valence-corrected chi connectivity index (χ3v) is 10.5. The average Bonchev–Trinajstić information content (AvgIpc) is 3.85. The van der Waals surface area contributed by atoms with Crippen molar-refractivity contribution in [3.63, 3.8) is 0 Å². The normalized spacial score (nSPS) is 11.9. The summed E-state index contributed by atoms with van der Waals surface area (Å²) in [5, 5.41) is 7.19. The van der Waals surface area contributed by atoms with Crippen LogP contribution >= 0.6 is 0 Å². The van der Waals surface area contributed by atoms with Crippen LogP contribution in [0.2, 0.25) is 0 Å². The summed E-state index contributed by atoms with van der Waals surface area (Å²) in [6, 6.07) is 65.5. The van der Waals surface area contributed by atoms with Gasteiger partial charge < -0.3 is 13.6 Å². The zero-order chi connectivity index (χ0) is 33.5. The third kappa shape index (κ3) is 4.19. The Balaban J connectivity index is 1.16. The molecule has 8 aromatic carbocycles. The third-order valence-electron chi connectivity index (χ3n) is 10.5. The highest BCUT2D eigenvalue weighted by Crippen LogP contribution is 2.42. The second kappa shape index (κ2) is 10.8. The highest BCUT2D eigenvalue weighted by Gasteiger charge is 2.20. The Hall–Kier alpha value is -6.84. The maximum absolute atomic E-state index is 6.53. The molecule has 0 saturated carbocycles. The van der Waals surface area contributed by atoms with E-state index in [9.17, 15) is 0 Å². The van der Waals surface area contributed by atoms with Gasteiger partial charge >= 0.3 is 0 Å². The molecule has 0 N–H and O–H groups in total. The highest BCUT2D eigenvalue weighted by atomic mass is 16.3. The minimum Gasteiger partial charge on any atom is -0.456 e. The Morgan fingerprint density at radius 3 is 1.53 bits per heavy atom. The van der Waals surface area contributed by atoms with Crippen molar-refractivity contribution in [1.29, 1.82) is 0 Å². The second-order valence-corrected chi connectivity index (χ2v) is 13.3. The molecule has 3 heteroatoms. The molecule has 0 unspecified atom stereocenters. The molecule has 0 aliphatic carbocycles. The van der Waals surface area contributed by atoms with Crippen LogP contribution in [-0.4, -0.2) is 9.13 Å². The molecule has 11 aromatic rings. The van der Waals surface area contributed by atoms with Crippen molar-refractivity contribution in [2.24, 2.45) is 0 Å². The van der Waals surface area contributed by atoms with E-state index in [0.717, 1.165) is 38.8 Å². The van der Waals surface area contributed by atoms with E-state index < -0.39 is 0 Å². The highest BCUT2D eigenvalue weighted by molar-refractivity contribution is 6.16. The first-order valence-corrected chi connectivity index (χ1v) is 17.4. The zero-order valence-electron chi connectivity index (χ0n) is 27.6. The molecule has 51 heavy (non-hydrogen) atoms. The molecule has 0 saturated heterocycles. The van der Waals surface area contributed by atoms with E-state index in [1.165, 1.54) is 60.4 Å². The number of furan rings is 1. The monoisotopic (exact) mass is 650 g/mol. The molecule has 0 spiro atoms. The van der Waals surface area contributed by atoms with Crippen LogP contribution in [0.3, 0.4) is 0 Å². The van der Waals surface area contributed by atoms with Gasteiger partial charge in [-0.05, 0) is 89.0 Å². The zero-order valence-corrected chi connectivity index (χ0v) is 27.6. The molecule has 0 aliphatic heterocycles. The van der Waals surface area contributed by atoms with Gasteiger partial charge in [0.05, 0.1) is 33.1 Å². The van der Waals surface area contributed by atoms with Crippen LogP contribution in [0.1, 0.15) is 0 Å². The van der Waals surface area contributed by atoms with Crippen LogP contribution < -0.4 is 0 Å². The molecule has 0 amide bonds. The molecular weight excluding hydrogens is 621 g/mol. The first-order valence-electron chi connectivity index (χ1n) is 17.4. The predicted octanol–water partition coefficient (Wildman–Crippen LogP) is 13.1. The van der Waals surface area contributed by atoms with Crippen molar-refractivity contribution >= 4 is 65.6 Å². The molecule has 0 aliphatic rings. The number of para-hydroxylation sites is 4. The Kier molecular flexibility index (Phi) is 5.96. The van der Waals surface area contributed by atoms with E-state index in [1.807, 2.05) is 6.07 Å². The Morgan fingerprint density at radius 1 is 0.314 bits per heavy atom. The lowest BCUT2D eigenvalue weighted by Gasteiger charge is -2.13. The van der Waals surface area contributed by atoms with Crippen molar-refractivity contribution in [1.82, 2.24) is 9.13 Å². The van der Waals surface area contributed by atoms with Crippen molar-refractivity contribution in [3.05, 3.63) is 182 Å². The predicted molar refractivity (Wildman–Crippen MR) is 213 cm³/mol. The Labute approximate surface area is 293 Å². The molecule has 3 aromatic heterocycles. The number of hydrogen-bond acceptors (Lipinski definition) is 1. The lowest BCUT2D eigenvalue weighted by Crippen LogP contribution is -1.96. The van der Waals surface area contributed by atoms with E-state index in [0.29, 0.717) is 0 Å². The van der Waals surface area contributed by atoms with Crippen molar-refractivity contribution in [2.75, 3.05) is 0 Å². The molecule has 3 heterocycles. The summed E-state index contributed by atoms with van der Waals surface area (Å²) in [4.78, 5) is 0. The molecule has 0 fully saturated rings. The van der Waals surface area contributed by atoms with Gasteiger partial charge in [-0.15, -0.1) is 0 Å². The smallest absolute Gasteiger partial charge is 0.138 e. The first-order chi connectivity index (χ1) is 25.3. The van der Waals surface area contributed by atoms with E-state index >= 15 is 0 Å². The van der Waals surface area contributed by atoms with Crippen LogP contribution in [-0.2, 0) is 0 Å². The summed E-state index contributed by atoms with van der Waals surface area (Å²) in [6.07, 6.45) is 0. The molecule has 0 radical (unpaired) electrons. The van der Waals surface area contributed by atoms with Gasteiger partial charge in [0, 0.05) is 32.6 Å². The van der Waals surface area contributed by atoms with Crippen LogP contribution in [0.5, 0.6) is 0 Å². The summed E-state index contributed by atoms with van der Waals surface area (Å²) in [7, 11) is 0. The minimum absolute atomic E-state index is 0.887. The number of benzene rings is 8. The Bertz CT molecular complexity index is 3130. The standard InChI is InChI=1S/C48H30N2O/c1-3-13-31(14-4-1)34-29-45(48-38-19-9-12-22-46(38)51-47(48)30-34)50-42-21-11-8-18-37(42)40-28-33(24-26-44(40)50)32-23-25-43-39(27-32)36-17-7-10-20-41(36)49(43)35-15-5-2-6-16-35/h1-30H. The largest absolute Gasteiger partial charge is 0.456 e. The van der Waals surface area contributed by atoms with Gasteiger partial charge in [-0.2, -0.15) is 0 Å². The van der Waals surface area contributed by atoms with Gasteiger partial charge in [-0.3, -0.25) is 0 Å². The van der Waals surface area contributed by atoms with Gasteiger partial charge in [0.2, 0.25) is 0 Å². The van der Waals surface area contributed by atoms with Gasteiger partial charge in [0.1, 0.15) is 11.2 Å². The lowest BCUT2D eigenvalue weighted by atomic mass is 10.0. The lowest BCUT2D eigenvalue weighted by molar-refractivity contribution is 0.669. The molecule has 238 valence electrons. The van der Waals surface area contributed by atoms with Crippen LogP contribution in [0.15, 0.2) is 186 Å². The second-order valence-electron chi connectivity index (χ2n) is 13.3. The van der Waals surface area contributed by atoms with Crippen LogP contribution in [0.4, 0.5) is 0 Å². The molecular formula is C48H30N2O. The molecule has 0 atom stereocenters. The maximum Gasteiger partial charge on any atom is 0.138 e. The summed E-state index contributed by atoms with van der Waals surface area (Å²) in [5.74, 6) is 0. The fourth-order valence-corrected chi connectivity index (χ4v) is 8.23. The van der Waals surface area contributed by atoms with Gasteiger partial charge in [-0.1, -0.05) is 115 Å². The van der Waals surface area contributed by atoms with E-state index in [-0.39, 0.29) is 0 Å². The van der Waals surface area contributed by atoms with Crippen LogP contribution in [0, 0.1) is 0 Å². The topological polar surface area (TPSA) is 23.0 Å². The summed E-state index contributed by atoms with van der Waals surface area (Å²) in [6.45, 7) is 0. The molecule has 0 bridgehead atoms. The number of nitrogens with zero attached hydrogens (tertiary/aromatic N) is 2. The number of rotatable bonds is 4. The Morgan fingerprint density at radius 2 is 0.843 bits per heavy atom. The molecule has 11 rings (SSSR count). The van der Waals surface area contributed by atoms with Gasteiger partial charge in [-0.25, -0.2) is 0 Å². The summed E-state index contributed by atoms with van der Waals surface area (Å²) >= 11 is 0. The maximum atomic E-state index is 6.53. The van der Waals surface area contributed by atoms with Gasteiger partial charge in [0.25, 0.3) is 0 Å².